The van der Waals surface area contributed by atoms with E-state index in [4.69, 9.17) is 15.2 Å². The summed E-state index contributed by atoms with van der Waals surface area (Å²) < 4.78 is 10.2. The van der Waals surface area contributed by atoms with Gasteiger partial charge in [-0.3, -0.25) is 14.4 Å². The highest BCUT2D eigenvalue weighted by molar-refractivity contribution is 5.92. The molecule has 232 valence electrons. The monoisotopic (exact) mass is 594 g/mol. The van der Waals surface area contributed by atoms with Crippen LogP contribution in [-0.2, 0) is 41.7 Å². The fourth-order valence-electron chi connectivity index (χ4n) is 4.12. The van der Waals surface area contributed by atoms with Gasteiger partial charge in [-0.1, -0.05) is 80.6 Å². The molecule has 11 heteroatoms. The van der Waals surface area contributed by atoms with E-state index in [1.54, 1.807) is 6.92 Å². The van der Waals surface area contributed by atoms with Gasteiger partial charge in [0.15, 0.2) is 0 Å². The molecule has 2 rings (SSSR count). The minimum atomic E-state index is -1.04. The van der Waals surface area contributed by atoms with Crippen LogP contribution in [0.3, 0.4) is 0 Å². The van der Waals surface area contributed by atoms with E-state index in [9.17, 15) is 24.0 Å². The Bertz CT molecular complexity index is 1220. The molecule has 3 atom stereocenters. The zero-order valence-corrected chi connectivity index (χ0v) is 24.9. The van der Waals surface area contributed by atoms with Gasteiger partial charge >= 0.3 is 12.1 Å². The highest BCUT2D eigenvalue weighted by Crippen LogP contribution is 2.10. The number of benzene rings is 2. The third-order valence-electron chi connectivity index (χ3n) is 6.22. The van der Waals surface area contributed by atoms with E-state index in [0.29, 0.717) is 6.42 Å². The number of primary amides is 1. The van der Waals surface area contributed by atoms with Crippen molar-refractivity contribution in [3.8, 4) is 0 Å². The van der Waals surface area contributed by atoms with Crippen LogP contribution in [0.1, 0.15) is 51.2 Å². The first kappa shape index (κ1) is 34.5. The maximum atomic E-state index is 13.5. The number of hydrogen-bond acceptors (Lipinski definition) is 7. The second-order valence-electron chi connectivity index (χ2n) is 10.4. The van der Waals surface area contributed by atoms with Gasteiger partial charge in [0.05, 0.1) is 6.61 Å². The third-order valence-corrected chi connectivity index (χ3v) is 6.22. The number of hydrogen-bond donors (Lipinski definition) is 4. The number of amides is 4. The van der Waals surface area contributed by atoms with Gasteiger partial charge in [-0.15, -0.1) is 0 Å². The van der Waals surface area contributed by atoms with Gasteiger partial charge in [0.2, 0.25) is 17.7 Å². The summed E-state index contributed by atoms with van der Waals surface area (Å²) in [6, 6.07) is 15.5. The van der Waals surface area contributed by atoms with Crippen molar-refractivity contribution in [3.63, 3.8) is 0 Å². The molecule has 0 aliphatic rings. The SMILES string of the molecule is CCOC(=O)C=C[C@H](CCC(N)=O)NC(=O)[C@H](Cc1ccccc1)NC(=O)[C@H](CC(C)C)NC(=O)OCc1ccccc1. The maximum absolute atomic E-state index is 13.5. The van der Waals surface area contributed by atoms with Crippen molar-refractivity contribution in [1.29, 1.82) is 0 Å². The smallest absolute Gasteiger partial charge is 0.408 e. The zero-order valence-electron chi connectivity index (χ0n) is 24.9. The number of carbonyl (C=O) groups excluding carboxylic acids is 5. The number of nitrogens with two attached hydrogens (primary N) is 1. The number of esters is 1. The summed E-state index contributed by atoms with van der Waals surface area (Å²) in [4.78, 5) is 62.9. The maximum Gasteiger partial charge on any atom is 0.408 e. The molecule has 2 aromatic carbocycles. The fourth-order valence-corrected chi connectivity index (χ4v) is 4.12. The molecule has 0 fully saturated rings. The van der Waals surface area contributed by atoms with Crippen LogP contribution >= 0.6 is 0 Å². The van der Waals surface area contributed by atoms with Crippen molar-refractivity contribution in [1.82, 2.24) is 16.0 Å². The Morgan fingerprint density at radius 1 is 0.814 bits per heavy atom. The number of carbonyl (C=O) groups is 5. The Morgan fingerprint density at radius 3 is 2.00 bits per heavy atom. The van der Waals surface area contributed by atoms with Gasteiger partial charge in [0.25, 0.3) is 0 Å². The number of alkyl carbamates (subject to hydrolysis) is 1. The van der Waals surface area contributed by atoms with Crippen molar-refractivity contribution < 1.29 is 33.4 Å². The molecule has 2 aromatic rings. The largest absolute Gasteiger partial charge is 0.463 e. The average Bonchev–Trinajstić information content (AvgIpc) is 2.97. The minimum Gasteiger partial charge on any atom is -0.463 e. The first-order chi connectivity index (χ1) is 20.6. The molecule has 0 unspecified atom stereocenters. The van der Waals surface area contributed by atoms with Gasteiger partial charge < -0.3 is 31.2 Å². The quantitative estimate of drug-likeness (QED) is 0.161. The van der Waals surface area contributed by atoms with E-state index in [0.717, 1.165) is 11.1 Å². The van der Waals surface area contributed by atoms with Crippen molar-refractivity contribution in [2.24, 2.45) is 11.7 Å². The highest BCUT2D eigenvalue weighted by Gasteiger charge is 2.29. The summed E-state index contributed by atoms with van der Waals surface area (Å²) in [5.74, 6) is -2.23. The van der Waals surface area contributed by atoms with E-state index < -0.39 is 47.9 Å². The van der Waals surface area contributed by atoms with Gasteiger partial charge in [0, 0.05) is 25.0 Å². The van der Waals surface area contributed by atoms with E-state index in [-0.39, 0.29) is 38.4 Å². The molecule has 4 amide bonds. The summed E-state index contributed by atoms with van der Waals surface area (Å²) >= 11 is 0. The summed E-state index contributed by atoms with van der Waals surface area (Å²) in [6.45, 7) is 5.69. The van der Waals surface area contributed by atoms with Crippen LogP contribution in [-0.4, -0.2) is 54.5 Å². The second kappa shape index (κ2) is 18.7. The summed E-state index contributed by atoms with van der Waals surface area (Å²) in [5.41, 5.74) is 6.88. The highest BCUT2D eigenvalue weighted by atomic mass is 16.5. The summed E-state index contributed by atoms with van der Waals surface area (Å²) in [6.07, 6.45) is 2.37. The lowest BCUT2D eigenvalue weighted by molar-refractivity contribution is -0.137. The van der Waals surface area contributed by atoms with Gasteiger partial charge in [-0.25, -0.2) is 9.59 Å². The first-order valence-electron chi connectivity index (χ1n) is 14.3. The Labute approximate surface area is 252 Å². The molecule has 0 aliphatic heterocycles. The molecule has 0 aromatic heterocycles. The van der Waals surface area contributed by atoms with Crippen LogP contribution in [0.4, 0.5) is 4.79 Å². The van der Waals surface area contributed by atoms with Gasteiger partial charge in [0.1, 0.15) is 18.7 Å². The van der Waals surface area contributed by atoms with E-state index >= 15 is 0 Å². The number of ether oxygens (including phenoxy) is 2. The van der Waals surface area contributed by atoms with Crippen molar-refractivity contribution >= 4 is 29.8 Å². The minimum absolute atomic E-state index is 0.0355. The molecule has 43 heavy (non-hydrogen) atoms. The van der Waals surface area contributed by atoms with Gasteiger partial charge in [-0.05, 0) is 36.8 Å². The van der Waals surface area contributed by atoms with Crippen LogP contribution in [0, 0.1) is 5.92 Å². The summed E-state index contributed by atoms with van der Waals surface area (Å²) in [7, 11) is 0. The average molecular weight is 595 g/mol. The van der Waals surface area contributed by atoms with Crippen LogP contribution in [0.2, 0.25) is 0 Å². The lowest BCUT2D eigenvalue weighted by Gasteiger charge is -2.25. The second-order valence-corrected chi connectivity index (χ2v) is 10.4. The lowest BCUT2D eigenvalue weighted by atomic mass is 10.0. The normalized spacial score (nSPS) is 13.0. The molecule has 11 nitrogen and oxygen atoms in total. The molecule has 0 radical (unpaired) electrons. The molecular formula is C32H42N4O7. The predicted molar refractivity (Wildman–Crippen MR) is 161 cm³/mol. The van der Waals surface area contributed by atoms with Crippen molar-refractivity contribution in [3.05, 3.63) is 83.9 Å². The summed E-state index contributed by atoms with van der Waals surface area (Å²) in [5, 5.41) is 8.19. The van der Waals surface area contributed by atoms with Gasteiger partial charge in [-0.2, -0.15) is 0 Å². The van der Waals surface area contributed by atoms with Crippen LogP contribution in [0.15, 0.2) is 72.8 Å². The fraction of sp³-hybridized carbons (Fsp3) is 0.406. The van der Waals surface area contributed by atoms with Crippen LogP contribution in [0.25, 0.3) is 0 Å². The molecule has 0 spiro atoms. The lowest BCUT2D eigenvalue weighted by Crippen LogP contribution is -2.55. The molecule has 0 aliphatic carbocycles. The Kier molecular flexibility index (Phi) is 15.0. The van der Waals surface area contributed by atoms with E-state index in [1.165, 1.54) is 12.2 Å². The molecule has 0 saturated heterocycles. The van der Waals surface area contributed by atoms with Crippen molar-refractivity contribution in [2.75, 3.05) is 6.61 Å². The third kappa shape index (κ3) is 14.2. The molecule has 5 N–H and O–H groups in total. The first-order valence-corrected chi connectivity index (χ1v) is 14.3. The molecule has 0 heterocycles. The molecular weight excluding hydrogens is 552 g/mol. The standard InChI is InChI=1S/C32H42N4O7/c1-4-42-29(38)18-16-25(15-17-28(33)37)34-30(39)27(20-23-11-7-5-8-12-23)35-31(40)26(19-22(2)3)36-32(41)43-21-24-13-9-6-10-14-24/h5-14,16,18,22,25-27H,4,15,17,19-21H2,1-3H3,(H2,33,37)(H,34,39)(H,35,40)(H,36,41)/t25-,26-,27-/m0/s1. The Hall–Kier alpha value is -4.67. The topological polar surface area (TPSA) is 166 Å². The van der Waals surface area contributed by atoms with Crippen LogP contribution in [0.5, 0.6) is 0 Å². The number of rotatable bonds is 17. The van der Waals surface area contributed by atoms with Crippen LogP contribution < -0.4 is 21.7 Å². The molecule has 0 bridgehead atoms. The predicted octanol–water partition coefficient (Wildman–Crippen LogP) is 2.92. The zero-order chi connectivity index (χ0) is 31.6. The van der Waals surface area contributed by atoms with E-state index in [2.05, 4.69) is 16.0 Å². The molecule has 0 saturated carbocycles. The van der Waals surface area contributed by atoms with Crippen molar-refractivity contribution in [2.45, 2.75) is 71.2 Å². The Morgan fingerprint density at radius 2 is 1.42 bits per heavy atom. The van der Waals surface area contributed by atoms with E-state index in [1.807, 2.05) is 74.5 Å². The Balaban J connectivity index is 2.20. The number of nitrogens with one attached hydrogen (secondary N) is 3.